The number of carbonyl (C=O) groups excluding carboxylic acids is 1. The van der Waals surface area contributed by atoms with Gasteiger partial charge in [-0.1, -0.05) is 54.6 Å². The van der Waals surface area contributed by atoms with E-state index in [1.807, 2.05) is 24.3 Å². The molecule has 100 valence electrons. The van der Waals surface area contributed by atoms with E-state index < -0.39 is 0 Å². The van der Waals surface area contributed by atoms with Crippen LogP contribution in [-0.2, 0) is 11.2 Å². The Morgan fingerprint density at radius 1 is 0.950 bits per heavy atom. The van der Waals surface area contributed by atoms with Crippen LogP contribution in [0.4, 0.5) is 0 Å². The SMILES string of the molecule is CC(=O)NC1=C(c2ccccc2)CCc2ccccc21. The molecule has 0 radical (unpaired) electrons. The molecule has 0 bridgehead atoms. The van der Waals surface area contributed by atoms with Crippen LogP contribution in [0.25, 0.3) is 11.3 Å². The van der Waals surface area contributed by atoms with Gasteiger partial charge in [-0.2, -0.15) is 0 Å². The van der Waals surface area contributed by atoms with Crippen LogP contribution in [0.3, 0.4) is 0 Å². The summed E-state index contributed by atoms with van der Waals surface area (Å²) in [4.78, 5) is 11.6. The van der Waals surface area contributed by atoms with Gasteiger partial charge in [-0.05, 0) is 29.5 Å². The maximum atomic E-state index is 11.6. The minimum Gasteiger partial charge on any atom is -0.326 e. The molecule has 2 aromatic rings. The van der Waals surface area contributed by atoms with E-state index in [0.717, 1.165) is 24.1 Å². The zero-order chi connectivity index (χ0) is 13.9. The van der Waals surface area contributed by atoms with Crippen molar-refractivity contribution in [1.82, 2.24) is 5.32 Å². The summed E-state index contributed by atoms with van der Waals surface area (Å²) in [5.41, 5.74) is 5.82. The number of fused-ring (bicyclic) bond motifs is 1. The summed E-state index contributed by atoms with van der Waals surface area (Å²) in [6.45, 7) is 1.56. The van der Waals surface area contributed by atoms with Crippen molar-refractivity contribution in [3.05, 3.63) is 71.3 Å². The summed E-state index contributed by atoms with van der Waals surface area (Å²) in [5.74, 6) is -0.0230. The van der Waals surface area contributed by atoms with Gasteiger partial charge in [0.15, 0.2) is 0 Å². The summed E-state index contributed by atoms with van der Waals surface area (Å²) >= 11 is 0. The van der Waals surface area contributed by atoms with Crippen LogP contribution < -0.4 is 5.32 Å². The number of amides is 1. The van der Waals surface area contributed by atoms with Gasteiger partial charge >= 0.3 is 0 Å². The second kappa shape index (κ2) is 5.33. The summed E-state index contributed by atoms with van der Waals surface area (Å²) in [7, 11) is 0. The highest BCUT2D eigenvalue weighted by molar-refractivity contribution is 5.98. The molecule has 1 aliphatic carbocycles. The topological polar surface area (TPSA) is 29.1 Å². The summed E-state index contributed by atoms with van der Waals surface area (Å²) in [6, 6.07) is 18.6. The lowest BCUT2D eigenvalue weighted by Gasteiger charge is -2.24. The zero-order valence-electron chi connectivity index (χ0n) is 11.5. The smallest absolute Gasteiger partial charge is 0.221 e. The Morgan fingerprint density at radius 3 is 2.40 bits per heavy atom. The van der Waals surface area contributed by atoms with Gasteiger partial charge in [-0.3, -0.25) is 4.79 Å². The van der Waals surface area contributed by atoms with Gasteiger partial charge in [-0.25, -0.2) is 0 Å². The molecular formula is C18H17NO. The normalized spacial score (nSPS) is 13.8. The van der Waals surface area contributed by atoms with Crippen LogP contribution in [-0.4, -0.2) is 5.91 Å². The van der Waals surface area contributed by atoms with Crippen LogP contribution in [0.15, 0.2) is 54.6 Å². The van der Waals surface area contributed by atoms with Crippen molar-refractivity contribution >= 4 is 17.2 Å². The lowest BCUT2D eigenvalue weighted by atomic mass is 9.86. The lowest BCUT2D eigenvalue weighted by molar-refractivity contribution is -0.117. The number of hydrogen-bond acceptors (Lipinski definition) is 1. The Balaban J connectivity index is 2.17. The zero-order valence-corrected chi connectivity index (χ0v) is 11.5. The highest BCUT2D eigenvalue weighted by atomic mass is 16.1. The highest BCUT2D eigenvalue weighted by Crippen LogP contribution is 2.35. The molecule has 2 aromatic carbocycles. The minimum absolute atomic E-state index is 0.0230. The van der Waals surface area contributed by atoms with Gasteiger partial charge in [0.2, 0.25) is 5.91 Å². The Kier molecular flexibility index (Phi) is 3.38. The summed E-state index contributed by atoms with van der Waals surface area (Å²) in [6.07, 6.45) is 1.97. The van der Waals surface area contributed by atoms with Gasteiger partial charge in [0.05, 0.1) is 5.70 Å². The highest BCUT2D eigenvalue weighted by Gasteiger charge is 2.20. The summed E-state index contributed by atoms with van der Waals surface area (Å²) in [5, 5.41) is 3.03. The van der Waals surface area contributed by atoms with E-state index in [1.165, 1.54) is 16.7 Å². The Bertz CT molecular complexity index is 671. The van der Waals surface area contributed by atoms with Crippen molar-refractivity contribution in [2.45, 2.75) is 19.8 Å². The number of carbonyl (C=O) groups is 1. The first-order chi connectivity index (χ1) is 9.75. The van der Waals surface area contributed by atoms with Gasteiger partial charge < -0.3 is 5.32 Å². The molecule has 0 heterocycles. The fraction of sp³-hybridized carbons (Fsp3) is 0.167. The number of hydrogen-bond donors (Lipinski definition) is 1. The van der Waals surface area contributed by atoms with E-state index in [9.17, 15) is 4.79 Å². The fourth-order valence-corrected chi connectivity index (χ4v) is 2.78. The van der Waals surface area contributed by atoms with Gasteiger partial charge in [-0.15, -0.1) is 0 Å². The molecule has 20 heavy (non-hydrogen) atoms. The van der Waals surface area contributed by atoms with E-state index in [0.29, 0.717) is 0 Å². The third-order valence-electron chi connectivity index (χ3n) is 3.66. The maximum absolute atomic E-state index is 11.6. The standard InChI is InChI=1S/C18H17NO/c1-13(20)19-18-16-10-6-5-9-15(16)11-12-17(18)14-7-3-2-4-8-14/h2-10H,11-12H2,1H3,(H,19,20). The monoisotopic (exact) mass is 263 g/mol. The molecule has 1 aliphatic rings. The Morgan fingerprint density at radius 2 is 1.65 bits per heavy atom. The van der Waals surface area contributed by atoms with E-state index in [4.69, 9.17) is 0 Å². The first kappa shape index (κ1) is 12.7. The van der Waals surface area contributed by atoms with Crippen molar-refractivity contribution in [2.75, 3.05) is 0 Å². The second-order valence-corrected chi connectivity index (χ2v) is 5.06. The third-order valence-corrected chi connectivity index (χ3v) is 3.66. The largest absolute Gasteiger partial charge is 0.326 e. The molecule has 0 atom stereocenters. The van der Waals surface area contributed by atoms with Crippen LogP contribution in [0.1, 0.15) is 30.0 Å². The second-order valence-electron chi connectivity index (χ2n) is 5.06. The number of allylic oxidation sites excluding steroid dienone is 1. The van der Waals surface area contributed by atoms with Gasteiger partial charge in [0.25, 0.3) is 0 Å². The van der Waals surface area contributed by atoms with Crippen LogP contribution in [0, 0.1) is 0 Å². The molecule has 0 unspecified atom stereocenters. The predicted molar refractivity (Wildman–Crippen MR) is 81.8 cm³/mol. The molecule has 1 amide bonds. The van der Waals surface area contributed by atoms with E-state index >= 15 is 0 Å². The summed E-state index contributed by atoms with van der Waals surface area (Å²) < 4.78 is 0. The number of rotatable bonds is 2. The molecule has 0 aromatic heterocycles. The van der Waals surface area contributed by atoms with E-state index in [2.05, 4.69) is 35.6 Å². The van der Waals surface area contributed by atoms with Gasteiger partial charge in [0.1, 0.15) is 0 Å². The molecule has 0 aliphatic heterocycles. The molecule has 2 heteroatoms. The molecule has 0 saturated carbocycles. The predicted octanol–water partition coefficient (Wildman–Crippen LogP) is 3.64. The van der Waals surface area contributed by atoms with Crippen LogP contribution in [0.2, 0.25) is 0 Å². The van der Waals surface area contributed by atoms with Crippen molar-refractivity contribution in [3.63, 3.8) is 0 Å². The molecule has 3 rings (SSSR count). The quantitative estimate of drug-likeness (QED) is 0.880. The first-order valence-electron chi connectivity index (χ1n) is 6.90. The first-order valence-corrected chi connectivity index (χ1v) is 6.90. The maximum Gasteiger partial charge on any atom is 0.221 e. The molecular weight excluding hydrogens is 246 g/mol. The fourth-order valence-electron chi connectivity index (χ4n) is 2.78. The van der Waals surface area contributed by atoms with Crippen molar-refractivity contribution in [1.29, 1.82) is 0 Å². The van der Waals surface area contributed by atoms with Gasteiger partial charge in [0, 0.05) is 12.5 Å². The molecule has 1 N–H and O–H groups in total. The van der Waals surface area contributed by atoms with Crippen molar-refractivity contribution in [2.24, 2.45) is 0 Å². The third kappa shape index (κ3) is 2.37. The lowest BCUT2D eigenvalue weighted by Crippen LogP contribution is -2.22. The molecule has 0 saturated heterocycles. The van der Waals surface area contributed by atoms with Crippen LogP contribution >= 0.6 is 0 Å². The molecule has 0 fully saturated rings. The minimum atomic E-state index is -0.0230. The van der Waals surface area contributed by atoms with E-state index in [1.54, 1.807) is 6.92 Å². The molecule has 0 spiro atoms. The Labute approximate surface area is 119 Å². The van der Waals surface area contributed by atoms with Crippen LogP contribution in [0.5, 0.6) is 0 Å². The average Bonchev–Trinajstić information content (AvgIpc) is 2.48. The van der Waals surface area contributed by atoms with Crippen molar-refractivity contribution in [3.8, 4) is 0 Å². The number of benzene rings is 2. The average molecular weight is 263 g/mol. The molecule has 2 nitrogen and oxygen atoms in total. The van der Waals surface area contributed by atoms with Crippen molar-refractivity contribution < 1.29 is 4.79 Å². The van der Waals surface area contributed by atoms with E-state index in [-0.39, 0.29) is 5.91 Å². The Hall–Kier alpha value is -2.35. The number of nitrogens with one attached hydrogen (secondary N) is 1. The number of aryl methyl sites for hydroxylation is 1.